The van der Waals surface area contributed by atoms with Gasteiger partial charge in [0.2, 0.25) is 5.95 Å². The third kappa shape index (κ3) is 5.21. The molecule has 1 saturated heterocycles. The Kier molecular flexibility index (Phi) is 7.50. The first-order chi connectivity index (χ1) is 14.4. The fourth-order valence-corrected chi connectivity index (χ4v) is 4.14. The second kappa shape index (κ2) is 10.1. The van der Waals surface area contributed by atoms with Gasteiger partial charge >= 0.3 is 0 Å². The van der Waals surface area contributed by atoms with Crippen LogP contribution in [0.1, 0.15) is 32.4 Å². The van der Waals surface area contributed by atoms with Crippen LogP contribution in [0.4, 0.5) is 5.95 Å². The summed E-state index contributed by atoms with van der Waals surface area (Å²) in [6, 6.07) is 2.05. The molecule has 0 aromatic carbocycles. The lowest BCUT2D eigenvalue weighted by Gasteiger charge is -2.20. The van der Waals surface area contributed by atoms with E-state index < -0.39 is 14.6 Å². The van der Waals surface area contributed by atoms with E-state index in [1.165, 1.54) is 6.20 Å². The SMILES string of the molecule is CCC1OC(n2ncc3c(=O)[nH]c(N=CN(C)C)nc32)CC1OP(C)OCCC#N. The van der Waals surface area contributed by atoms with Crippen molar-refractivity contribution in [2.75, 3.05) is 27.4 Å². The smallest absolute Gasteiger partial charge is 0.263 e. The van der Waals surface area contributed by atoms with E-state index in [0.717, 1.165) is 6.42 Å². The Balaban J connectivity index is 1.80. The van der Waals surface area contributed by atoms with Gasteiger partial charge in [-0.2, -0.15) is 15.3 Å². The molecule has 3 rings (SSSR count). The van der Waals surface area contributed by atoms with E-state index in [4.69, 9.17) is 19.0 Å². The van der Waals surface area contributed by atoms with Crippen molar-refractivity contribution in [3.63, 3.8) is 0 Å². The van der Waals surface area contributed by atoms with E-state index in [9.17, 15) is 4.79 Å². The van der Waals surface area contributed by atoms with Crippen LogP contribution in [0, 0.1) is 11.3 Å². The zero-order valence-corrected chi connectivity index (χ0v) is 18.4. The molecule has 2 aromatic heterocycles. The number of aromatic amines is 1. The molecule has 3 heterocycles. The number of rotatable bonds is 9. The molecule has 1 fully saturated rings. The van der Waals surface area contributed by atoms with Crippen molar-refractivity contribution in [2.24, 2.45) is 4.99 Å². The van der Waals surface area contributed by atoms with Crippen LogP contribution >= 0.6 is 8.38 Å². The predicted octanol–water partition coefficient (Wildman–Crippen LogP) is 2.30. The van der Waals surface area contributed by atoms with E-state index in [1.54, 1.807) is 15.9 Å². The molecule has 12 heteroatoms. The highest BCUT2D eigenvalue weighted by Gasteiger charge is 2.38. The third-order valence-corrected chi connectivity index (χ3v) is 5.60. The minimum atomic E-state index is -1.12. The summed E-state index contributed by atoms with van der Waals surface area (Å²) in [5.41, 5.74) is 0.104. The molecule has 0 spiro atoms. The maximum Gasteiger partial charge on any atom is 0.263 e. The number of aliphatic imine (C=N–C) groups is 1. The highest BCUT2D eigenvalue weighted by molar-refractivity contribution is 7.46. The molecule has 1 aliphatic rings. The van der Waals surface area contributed by atoms with E-state index in [0.29, 0.717) is 30.5 Å². The molecule has 30 heavy (non-hydrogen) atoms. The van der Waals surface area contributed by atoms with Crippen LogP contribution in [0.15, 0.2) is 16.0 Å². The Morgan fingerprint density at radius 3 is 3.07 bits per heavy atom. The summed E-state index contributed by atoms with van der Waals surface area (Å²) in [6.45, 7) is 4.24. The Morgan fingerprint density at radius 1 is 1.57 bits per heavy atom. The number of hydrogen-bond donors (Lipinski definition) is 1. The number of nitrogens with one attached hydrogen (secondary N) is 1. The van der Waals surface area contributed by atoms with E-state index >= 15 is 0 Å². The van der Waals surface area contributed by atoms with Gasteiger partial charge in [0.15, 0.2) is 20.3 Å². The first-order valence-corrected chi connectivity index (χ1v) is 11.3. The number of nitriles is 1. The van der Waals surface area contributed by atoms with E-state index in [2.05, 4.69) is 20.1 Å². The molecular formula is C18H26N7O4P. The summed E-state index contributed by atoms with van der Waals surface area (Å²) in [6.07, 6.45) is 3.95. The van der Waals surface area contributed by atoms with Crippen LogP contribution in [0.3, 0.4) is 0 Å². The van der Waals surface area contributed by atoms with Crippen molar-refractivity contribution in [1.82, 2.24) is 24.6 Å². The number of fused-ring (bicyclic) bond motifs is 1. The largest absolute Gasteiger partial charge is 0.369 e. The maximum absolute atomic E-state index is 12.4. The summed E-state index contributed by atoms with van der Waals surface area (Å²) in [7, 11) is 2.53. The van der Waals surface area contributed by atoms with Crippen molar-refractivity contribution < 1.29 is 13.8 Å². The molecule has 11 nitrogen and oxygen atoms in total. The van der Waals surface area contributed by atoms with Crippen LogP contribution < -0.4 is 5.56 Å². The average molecular weight is 435 g/mol. The van der Waals surface area contributed by atoms with Crippen LogP contribution in [-0.2, 0) is 13.8 Å². The number of ether oxygens (including phenoxy) is 1. The fraction of sp³-hybridized carbons (Fsp3) is 0.611. The van der Waals surface area contributed by atoms with Gasteiger partial charge in [0.05, 0.1) is 43.8 Å². The van der Waals surface area contributed by atoms with Crippen molar-refractivity contribution in [1.29, 1.82) is 5.26 Å². The molecule has 2 aromatic rings. The fourth-order valence-electron chi connectivity index (χ4n) is 3.13. The molecule has 0 bridgehead atoms. The molecular weight excluding hydrogens is 409 g/mol. The Bertz CT molecular complexity index is 983. The van der Waals surface area contributed by atoms with Crippen LogP contribution in [-0.4, -0.2) is 70.6 Å². The molecule has 1 N–H and O–H groups in total. The van der Waals surface area contributed by atoms with Crippen molar-refractivity contribution in [3.05, 3.63) is 16.6 Å². The van der Waals surface area contributed by atoms with Crippen molar-refractivity contribution in [2.45, 2.75) is 44.6 Å². The normalized spacial score (nSPS) is 22.6. The highest BCUT2D eigenvalue weighted by atomic mass is 31.2. The summed E-state index contributed by atoms with van der Waals surface area (Å²) >= 11 is 0. The molecule has 1 aliphatic heterocycles. The summed E-state index contributed by atoms with van der Waals surface area (Å²) < 4.78 is 19.4. The zero-order valence-electron chi connectivity index (χ0n) is 17.5. The van der Waals surface area contributed by atoms with Gasteiger partial charge in [-0.15, -0.1) is 0 Å². The maximum atomic E-state index is 12.4. The Labute approximate surface area is 175 Å². The molecule has 0 radical (unpaired) electrons. The number of hydrogen-bond acceptors (Lipinski definition) is 8. The first-order valence-electron chi connectivity index (χ1n) is 9.66. The zero-order chi connectivity index (χ0) is 21.7. The quantitative estimate of drug-likeness (QED) is 0.275. The Hall–Kier alpha value is -2.38. The van der Waals surface area contributed by atoms with Gasteiger partial charge < -0.3 is 18.7 Å². The molecule has 0 aliphatic carbocycles. The van der Waals surface area contributed by atoms with Gasteiger partial charge in [-0.25, -0.2) is 9.67 Å². The lowest BCUT2D eigenvalue weighted by molar-refractivity contribution is -0.0197. The third-order valence-electron chi connectivity index (χ3n) is 4.49. The van der Waals surface area contributed by atoms with Crippen LogP contribution in [0.2, 0.25) is 0 Å². The minimum Gasteiger partial charge on any atom is -0.369 e. The molecule has 4 unspecified atom stereocenters. The number of aromatic nitrogens is 4. The summed E-state index contributed by atoms with van der Waals surface area (Å²) in [5.74, 6) is 0.198. The first kappa shape index (κ1) is 22.3. The minimum absolute atomic E-state index is 0.132. The topological polar surface area (TPSA) is 131 Å². The molecule has 4 atom stereocenters. The number of H-pyrrole nitrogens is 1. The van der Waals surface area contributed by atoms with Gasteiger partial charge in [0.25, 0.3) is 5.56 Å². The predicted molar refractivity (Wildman–Crippen MR) is 113 cm³/mol. The molecule has 162 valence electrons. The standard InChI is InChI=1S/C18H26N7O4P/c1-5-13-14(29-30(4)27-8-6-7-19)9-15(28-13)25-16-12(10-21-25)17(26)23-18(22-16)20-11-24(2)3/h10-11,13-15H,5-6,8-9H2,1-4H3,(H,22,23,26). The molecule has 0 amide bonds. The van der Waals surface area contributed by atoms with Gasteiger partial charge in [-0.05, 0) is 6.42 Å². The van der Waals surface area contributed by atoms with Gasteiger partial charge in [-0.3, -0.25) is 9.78 Å². The second-order valence-electron chi connectivity index (χ2n) is 7.02. The second-order valence-corrected chi connectivity index (χ2v) is 8.37. The average Bonchev–Trinajstić information content (AvgIpc) is 3.30. The Morgan fingerprint density at radius 2 is 2.37 bits per heavy atom. The molecule has 0 saturated carbocycles. The van der Waals surface area contributed by atoms with Crippen LogP contribution in [0.5, 0.6) is 0 Å². The van der Waals surface area contributed by atoms with Crippen molar-refractivity contribution in [3.8, 4) is 6.07 Å². The van der Waals surface area contributed by atoms with Crippen LogP contribution in [0.25, 0.3) is 11.0 Å². The van der Waals surface area contributed by atoms with Gasteiger partial charge in [0.1, 0.15) is 5.39 Å². The van der Waals surface area contributed by atoms with Gasteiger partial charge in [0, 0.05) is 27.2 Å². The lowest BCUT2D eigenvalue weighted by atomic mass is 10.1. The van der Waals surface area contributed by atoms with E-state index in [1.807, 2.05) is 33.8 Å². The lowest BCUT2D eigenvalue weighted by Crippen LogP contribution is -2.22. The highest BCUT2D eigenvalue weighted by Crippen LogP contribution is 2.42. The summed E-state index contributed by atoms with van der Waals surface area (Å²) in [4.78, 5) is 25.4. The monoisotopic (exact) mass is 435 g/mol. The summed E-state index contributed by atoms with van der Waals surface area (Å²) in [5, 5.41) is 13.4. The number of nitrogens with zero attached hydrogens (tertiary/aromatic N) is 6. The van der Waals surface area contributed by atoms with Gasteiger partial charge in [-0.1, -0.05) is 6.92 Å². The van der Waals surface area contributed by atoms with E-state index in [-0.39, 0.29) is 23.7 Å². The van der Waals surface area contributed by atoms with Crippen molar-refractivity contribution >= 4 is 31.7 Å².